The molecule has 0 spiro atoms. The monoisotopic (exact) mass is 302 g/mol. The van der Waals surface area contributed by atoms with Gasteiger partial charge in [-0.1, -0.05) is 23.2 Å². The van der Waals surface area contributed by atoms with Crippen molar-refractivity contribution in [1.29, 1.82) is 0 Å². The first-order chi connectivity index (χ1) is 8.38. The van der Waals surface area contributed by atoms with Crippen LogP contribution in [-0.2, 0) is 4.57 Å². The molecule has 0 radical (unpaired) electrons. The number of aliphatic imine (C=N–C) groups is 1. The van der Waals surface area contributed by atoms with E-state index in [1.807, 2.05) is 24.3 Å². The van der Waals surface area contributed by atoms with Crippen molar-refractivity contribution in [3.8, 4) is 0 Å². The summed E-state index contributed by atoms with van der Waals surface area (Å²) < 4.78 is 11.9. The van der Waals surface area contributed by atoms with Gasteiger partial charge in [0.05, 0.1) is 5.03 Å². The maximum absolute atomic E-state index is 11.9. The topological polar surface area (TPSA) is 32.7 Å². The van der Waals surface area contributed by atoms with Crippen LogP contribution in [0.1, 0.15) is 0 Å². The molecule has 6 heteroatoms. The third kappa shape index (κ3) is 2.97. The van der Waals surface area contributed by atoms with Crippen LogP contribution in [0, 0.1) is 0 Å². The molecule has 2 rings (SSSR count). The molecule has 18 heavy (non-hydrogen) atoms. The number of hydrogen-bond acceptors (Lipinski definition) is 3. The summed E-state index contributed by atoms with van der Waals surface area (Å²) in [5.74, 6) is 0. The number of halogens is 2. The molecule has 1 unspecified atom stereocenters. The molecule has 1 aliphatic heterocycles. The van der Waals surface area contributed by atoms with Gasteiger partial charge in [-0.25, -0.2) is 0 Å². The summed E-state index contributed by atoms with van der Waals surface area (Å²) in [5.41, 5.74) is 0.357. The van der Waals surface area contributed by atoms with Crippen LogP contribution >= 0.6 is 30.3 Å². The lowest BCUT2D eigenvalue weighted by Gasteiger charge is -2.26. The predicted octanol–water partition coefficient (Wildman–Crippen LogP) is 3.43. The Bertz CT molecular complexity index is 548. The minimum absolute atomic E-state index is 0.506. The van der Waals surface area contributed by atoms with Crippen LogP contribution < -0.4 is 10.2 Å². The van der Waals surface area contributed by atoms with Gasteiger partial charge in [0.2, 0.25) is 5.62 Å². The van der Waals surface area contributed by atoms with E-state index in [-0.39, 0.29) is 0 Å². The van der Waals surface area contributed by atoms with E-state index in [9.17, 15) is 4.57 Å². The van der Waals surface area contributed by atoms with Gasteiger partial charge in [0, 0.05) is 23.4 Å². The molecule has 0 aromatic heterocycles. The molecule has 1 atom stereocenters. The Hall–Kier alpha value is -0.760. The molecule has 0 bridgehead atoms. The Labute approximate surface area is 116 Å². The van der Waals surface area contributed by atoms with E-state index < -0.39 is 12.8 Å². The first kappa shape index (κ1) is 13.7. The van der Waals surface area contributed by atoms with Gasteiger partial charge < -0.3 is 9.46 Å². The van der Waals surface area contributed by atoms with Gasteiger partial charge in [-0.15, -0.1) is 0 Å². The Morgan fingerprint density at radius 3 is 2.44 bits per heavy atom. The smallest absolute Gasteiger partial charge is 0.201 e. The second kappa shape index (κ2) is 5.08. The van der Waals surface area contributed by atoms with Crippen molar-refractivity contribution in [3.05, 3.63) is 35.5 Å². The molecule has 0 saturated heterocycles. The van der Waals surface area contributed by atoms with Crippen molar-refractivity contribution < 1.29 is 4.57 Å². The minimum Gasteiger partial charge on any atom is -0.319 e. The minimum atomic E-state index is -2.23. The van der Waals surface area contributed by atoms with E-state index in [2.05, 4.69) is 4.99 Å². The van der Waals surface area contributed by atoms with E-state index in [0.717, 1.165) is 11.0 Å². The molecule has 96 valence electrons. The predicted molar refractivity (Wildman–Crippen MR) is 80.1 cm³/mol. The zero-order chi connectivity index (χ0) is 13.3. The summed E-state index contributed by atoms with van der Waals surface area (Å²) in [6.07, 6.45) is 3.25. The summed E-state index contributed by atoms with van der Waals surface area (Å²) >= 11 is 12.0. The lowest BCUT2D eigenvalue weighted by atomic mass is 10.3. The van der Waals surface area contributed by atoms with Crippen LogP contribution in [0.2, 0.25) is 0 Å². The molecule has 1 heterocycles. The maximum Gasteiger partial charge on any atom is 0.201 e. The lowest BCUT2D eigenvalue weighted by molar-refractivity contribution is 0.588. The zero-order valence-corrected chi connectivity index (χ0v) is 12.5. The zero-order valence-electron chi connectivity index (χ0n) is 10.0. The molecule has 1 aliphatic rings. The number of rotatable bonds is 2. The molecule has 3 nitrogen and oxygen atoms in total. The van der Waals surface area contributed by atoms with Crippen LogP contribution in [0.5, 0.6) is 0 Å². The van der Waals surface area contributed by atoms with Crippen LogP contribution in [0.3, 0.4) is 0 Å². The Balaban J connectivity index is 2.30. The molecule has 0 N–H and O–H groups in total. The number of benzene rings is 1. The largest absolute Gasteiger partial charge is 0.319 e. The number of nitrogens with zero attached hydrogens (tertiary/aromatic N) is 2. The summed E-state index contributed by atoms with van der Waals surface area (Å²) in [6.45, 7) is 3.49. The van der Waals surface area contributed by atoms with Gasteiger partial charge in [-0.05, 0) is 37.6 Å². The van der Waals surface area contributed by atoms with Gasteiger partial charge >= 0.3 is 0 Å². The fourth-order valence-corrected chi connectivity index (χ4v) is 2.87. The van der Waals surface area contributed by atoms with Crippen LogP contribution in [0.4, 0.5) is 5.69 Å². The standard InChI is InChI=1S/C12H13Cl2N2OP/c1-18(2,17)11-5-3-10(4-6-11)16-8-9(13)7-15-12(16)14/h3-8,12H,1-2H3. The van der Waals surface area contributed by atoms with E-state index in [1.165, 1.54) is 6.21 Å². The molecule has 0 fully saturated rings. The second-order valence-electron chi connectivity index (χ2n) is 4.38. The summed E-state index contributed by atoms with van der Waals surface area (Å²) in [5, 5.41) is 1.36. The first-order valence-corrected chi connectivity index (χ1v) is 8.78. The van der Waals surface area contributed by atoms with Crippen LogP contribution in [-0.4, -0.2) is 25.2 Å². The summed E-state index contributed by atoms with van der Waals surface area (Å²) in [4.78, 5) is 5.81. The van der Waals surface area contributed by atoms with Gasteiger partial charge in [-0.2, -0.15) is 0 Å². The van der Waals surface area contributed by atoms with Crippen LogP contribution in [0.15, 0.2) is 40.5 Å². The highest BCUT2D eigenvalue weighted by molar-refractivity contribution is 7.70. The van der Waals surface area contributed by atoms with Gasteiger partial charge in [-0.3, -0.25) is 4.99 Å². The molecule has 1 aromatic carbocycles. The van der Waals surface area contributed by atoms with Gasteiger partial charge in [0.1, 0.15) is 7.14 Å². The van der Waals surface area contributed by atoms with Crippen molar-refractivity contribution >= 4 is 47.6 Å². The second-order valence-corrected chi connectivity index (χ2v) is 8.42. The quantitative estimate of drug-likeness (QED) is 0.476. The number of allylic oxidation sites excluding steroid dienone is 1. The highest BCUT2D eigenvalue weighted by Crippen LogP contribution is 2.35. The van der Waals surface area contributed by atoms with Gasteiger partial charge in [0.25, 0.3) is 0 Å². The molecule has 0 aliphatic carbocycles. The molecule has 0 amide bonds. The number of alkyl halides is 1. The van der Waals surface area contributed by atoms with Crippen LogP contribution in [0.25, 0.3) is 0 Å². The SMILES string of the molecule is CP(C)(=O)c1ccc(N2C=C(Cl)C=NC2Cl)cc1. The van der Waals surface area contributed by atoms with E-state index >= 15 is 0 Å². The van der Waals surface area contributed by atoms with Crippen molar-refractivity contribution in [2.75, 3.05) is 18.2 Å². The normalized spacial score (nSPS) is 19.9. The average molecular weight is 303 g/mol. The van der Waals surface area contributed by atoms with Crippen molar-refractivity contribution in [1.82, 2.24) is 0 Å². The summed E-state index contributed by atoms with van der Waals surface area (Å²) in [6, 6.07) is 7.43. The third-order valence-electron chi connectivity index (χ3n) is 2.58. The Kier molecular flexibility index (Phi) is 3.86. The Morgan fingerprint density at radius 1 is 1.28 bits per heavy atom. The van der Waals surface area contributed by atoms with Crippen molar-refractivity contribution in [3.63, 3.8) is 0 Å². The fraction of sp³-hybridized carbons (Fsp3) is 0.250. The van der Waals surface area contributed by atoms with E-state index in [0.29, 0.717) is 5.03 Å². The third-order valence-corrected chi connectivity index (χ3v) is 4.64. The Morgan fingerprint density at radius 2 is 1.89 bits per heavy atom. The van der Waals surface area contributed by atoms with Crippen molar-refractivity contribution in [2.24, 2.45) is 4.99 Å². The van der Waals surface area contributed by atoms with E-state index in [1.54, 1.807) is 24.4 Å². The highest BCUT2D eigenvalue weighted by Gasteiger charge is 2.18. The molecule has 0 saturated carbocycles. The highest BCUT2D eigenvalue weighted by atomic mass is 35.5. The summed E-state index contributed by atoms with van der Waals surface area (Å²) in [7, 11) is -2.23. The van der Waals surface area contributed by atoms with Crippen molar-refractivity contribution in [2.45, 2.75) is 5.62 Å². The maximum atomic E-state index is 11.9. The lowest BCUT2D eigenvalue weighted by Crippen LogP contribution is -2.27. The molecule has 1 aromatic rings. The fourth-order valence-electron chi connectivity index (χ4n) is 1.61. The number of hydrogen-bond donors (Lipinski definition) is 0. The first-order valence-electron chi connectivity index (χ1n) is 5.36. The van der Waals surface area contributed by atoms with E-state index in [4.69, 9.17) is 23.2 Å². The molecular formula is C12H13Cl2N2OP. The number of anilines is 1. The van der Waals surface area contributed by atoms with Gasteiger partial charge in [0.15, 0.2) is 0 Å². The molecular weight excluding hydrogens is 290 g/mol. The average Bonchev–Trinajstić information content (AvgIpc) is 2.31.